The monoisotopic (exact) mass is 252 g/mol. The molecule has 0 saturated carbocycles. The Morgan fingerprint density at radius 1 is 1.33 bits per heavy atom. The van der Waals surface area contributed by atoms with E-state index in [2.05, 4.69) is 5.32 Å². The van der Waals surface area contributed by atoms with Crippen molar-refractivity contribution in [3.63, 3.8) is 0 Å². The average Bonchev–Trinajstić information content (AvgIpc) is 2.37. The van der Waals surface area contributed by atoms with Crippen molar-refractivity contribution in [3.05, 3.63) is 30.3 Å². The van der Waals surface area contributed by atoms with Crippen LogP contribution in [-0.4, -0.2) is 55.9 Å². The molecule has 0 spiro atoms. The van der Waals surface area contributed by atoms with Crippen LogP contribution in [0.4, 0.5) is 5.69 Å². The van der Waals surface area contributed by atoms with Crippen molar-refractivity contribution in [3.8, 4) is 0 Å². The zero-order valence-corrected chi connectivity index (χ0v) is 10.6. The second-order valence-corrected chi connectivity index (χ2v) is 3.91. The van der Waals surface area contributed by atoms with Crippen LogP contribution < -0.4 is 5.32 Å². The quantitative estimate of drug-likeness (QED) is 0.710. The molecular formula is C13H20N2O3. The van der Waals surface area contributed by atoms with Crippen LogP contribution >= 0.6 is 0 Å². The van der Waals surface area contributed by atoms with Gasteiger partial charge < -0.3 is 15.2 Å². The van der Waals surface area contributed by atoms with Crippen molar-refractivity contribution < 1.29 is 14.6 Å². The summed E-state index contributed by atoms with van der Waals surface area (Å²) in [5.41, 5.74) is 0.776. The molecule has 0 fully saturated rings. The van der Waals surface area contributed by atoms with Crippen LogP contribution in [0, 0.1) is 0 Å². The number of benzene rings is 1. The number of carbonyl (C=O) groups excluding carboxylic acids is 1. The molecule has 0 unspecified atom stereocenters. The van der Waals surface area contributed by atoms with Crippen molar-refractivity contribution >= 4 is 11.6 Å². The minimum absolute atomic E-state index is 0.0301. The second-order valence-electron chi connectivity index (χ2n) is 3.91. The number of anilines is 1. The molecule has 0 aliphatic heterocycles. The number of amides is 1. The molecule has 0 bridgehead atoms. The van der Waals surface area contributed by atoms with Crippen LogP contribution in [-0.2, 0) is 9.53 Å². The summed E-state index contributed by atoms with van der Waals surface area (Å²) in [6, 6.07) is 9.30. The van der Waals surface area contributed by atoms with E-state index in [4.69, 9.17) is 9.84 Å². The number of hydrogen-bond donors (Lipinski definition) is 2. The van der Waals surface area contributed by atoms with Gasteiger partial charge in [-0.1, -0.05) is 18.2 Å². The second kappa shape index (κ2) is 8.63. The fourth-order valence-corrected chi connectivity index (χ4v) is 1.56. The fraction of sp³-hybridized carbons (Fsp3) is 0.462. The predicted octanol–water partition coefficient (Wildman–Crippen LogP) is 0.566. The van der Waals surface area contributed by atoms with Crippen LogP contribution in [0.2, 0.25) is 0 Å². The molecule has 1 amide bonds. The number of hydrogen-bond acceptors (Lipinski definition) is 4. The van der Waals surface area contributed by atoms with E-state index in [-0.39, 0.29) is 19.1 Å². The summed E-state index contributed by atoms with van der Waals surface area (Å²) in [7, 11) is 1.61. The fourth-order valence-electron chi connectivity index (χ4n) is 1.56. The summed E-state index contributed by atoms with van der Waals surface area (Å²) in [4.78, 5) is 13.6. The van der Waals surface area contributed by atoms with Gasteiger partial charge in [0.05, 0.1) is 19.8 Å². The summed E-state index contributed by atoms with van der Waals surface area (Å²) < 4.78 is 4.96. The lowest BCUT2D eigenvalue weighted by Crippen LogP contribution is -2.37. The van der Waals surface area contributed by atoms with E-state index in [1.54, 1.807) is 7.11 Å². The normalized spacial score (nSPS) is 10.6. The largest absolute Gasteiger partial charge is 0.395 e. The first-order valence-electron chi connectivity index (χ1n) is 5.93. The number of para-hydroxylation sites is 1. The van der Waals surface area contributed by atoms with Gasteiger partial charge in [0.25, 0.3) is 0 Å². The molecule has 5 heteroatoms. The molecule has 0 aliphatic rings. The number of nitrogens with one attached hydrogen (secondary N) is 1. The Kier molecular flexibility index (Phi) is 7.01. The highest BCUT2D eigenvalue weighted by molar-refractivity contribution is 5.92. The summed E-state index contributed by atoms with van der Waals surface area (Å²) >= 11 is 0. The van der Waals surface area contributed by atoms with Gasteiger partial charge in [0.2, 0.25) is 5.91 Å². The topological polar surface area (TPSA) is 61.8 Å². The SMILES string of the molecule is COCCN(CCO)CC(=O)Nc1ccccc1. The molecule has 1 aromatic carbocycles. The van der Waals surface area contributed by atoms with E-state index in [0.717, 1.165) is 5.69 Å². The first kappa shape index (κ1) is 14.6. The number of nitrogens with zero attached hydrogens (tertiary/aromatic N) is 1. The first-order chi connectivity index (χ1) is 8.76. The lowest BCUT2D eigenvalue weighted by atomic mass is 10.3. The van der Waals surface area contributed by atoms with Gasteiger partial charge in [-0.3, -0.25) is 9.69 Å². The number of aliphatic hydroxyl groups is 1. The molecule has 0 aliphatic carbocycles. The molecule has 0 saturated heterocycles. The zero-order valence-electron chi connectivity index (χ0n) is 10.6. The van der Waals surface area contributed by atoms with Crippen molar-refractivity contribution in [1.82, 2.24) is 4.90 Å². The van der Waals surface area contributed by atoms with Crippen molar-refractivity contribution in [2.75, 3.05) is 45.3 Å². The van der Waals surface area contributed by atoms with Crippen LogP contribution in [0.1, 0.15) is 0 Å². The average molecular weight is 252 g/mol. The van der Waals surface area contributed by atoms with Gasteiger partial charge in [0, 0.05) is 25.9 Å². The van der Waals surface area contributed by atoms with E-state index in [0.29, 0.717) is 19.7 Å². The summed E-state index contributed by atoms with van der Waals surface area (Å²) in [6.07, 6.45) is 0. The highest BCUT2D eigenvalue weighted by Gasteiger charge is 2.10. The molecule has 2 N–H and O–H groups in total. The minimum atomic E-state index is -0.0919. The Morgan fingerprint density at radius 3 is 2.67 bits per heavy atom. The number of methoxy groups -OCH3 is 1. The van der Waals surface area contributed by atoms with E-state index in [1.807, 2.05) is 35.2 Å². The van der Waals surface area contributed by atoms with Gasteiger partial charge >= 0.3 is 0 Å². The summed E-state index contributed by atoms with van der Waals surface area (Å²) in [5.74, 6) is -0.0919. The molecule has 1 aromatic rings. The maximum absolute atomic E-state index is 11.8. The minimum Gasteiger partial charge on any atom is -0.395 e. The van der Waals surface area contributed by atoms with Gasteiger partial charge in [-0.15, -0.1) is 0 Å². The third-order valence-corrected chi connectivity index (χ3v) is 2.45. The Bertz CT molecular complexity index is 343. The van der Waals surface area contributed by atoms with Gasteiger partial charge in [-0.05, 0) is 12.1 Å². The number of rotatable bonds is 8. The maximum Gasteiger partial charge on any atom is 0.238 e. The van der Waals surface area contributed by atoms with E-state index in [9.17, 15) is 4.79 Å². The molecule has 5 nitrogen and oxygen atoms in total. The van der Waals surface area contributed by atoms with Crippen LogP contribution in [0.15, 0.2) is 30.3 Å². The predicted molar refractivity (Wildman–Crippen MR) is 70.5 cm³/mol. The van der Waals surface area contributed by atoms with Gasteiger partial charge in [0.15, 0.2) is 0 Å². The van der Waals surface area contributed by atoms with Gasteiger partial charge in [-0.25, -0.2) is 0 Å². The number of carbonyl (C=O) groups is 1. The smallest absolute Gasteiger partial charge is 0.238 e. The molecular weight excluding hydrogens is 232 g/mol. The molecule has 100 valence electrons. The Hall–Kier alpha value is -1.43. The van der Waals surface area contributed by atoms with Crippen molar-refractivity contribution in [2.24, 2.45) is 0 Å². The number of ether oxygens (including phenoxy) is 1. The van der Waals surface area contributed by atoms with Gasteiger partial charge in [0.1, 0.15) is 0 Å². The van der Waals surface area contributed by atoms with Crippen molar-refractivity contribution in [2.45, 2.75) is 0 Å². The first-order valence-corrected chi connectivity index (χ1v) is 5.93. The summed E-state index contributed by atoms with van der Waals surface area (Å²) in [5, 5.41) is 11.7. The highest BCUT2D eigenvalue weighted by atomic mass is 16.5. The standard InChI is InChI=1S/C13H20N2O3/c1-18-10-8-15(7-9-16)11-13(17)14-12-5-3-2-4-6-12/h2-6,16H,7-11H2,1H3,(H,14,17). The summed E-state index contributed by atoms with van der Waals surface area (Å²) in [6.45, 7) is 1.91. The third-order valence-electron chi connectivity index (χ3n) is 2.45. The van der Waals surface area contributed by atoms with Crippen LogP contribution in [0.25, 0.3) is 0 Å². The van der Waals surface area contributed by atoms with E-state index in [1.165, 1.54) is 0 Å². The van der Waals surface area contributed by atoms with Crippen LogP contribution in [0.5, 0.6) is 0 Å². The molecule has 0 heterocycles. The van der Waals surface area contributed by atoms with Crippen molar-refractivity contribution in [1.29, 1.82) is 0 Å². The Balaban J connectivity index is 2.40. The van der Waals surface area contributed by atoms with Gasteiger partial charge in [-0.2, -0.15) is 0 Å². The molecule has 0 aromatic heterocycles. The molecule has 18 heavy (non-hydrogen) atoms. The van der Waals surface area contributed by atoms with Crippen LogP contribution in [0.3, 0.4) is 0 Å². The molecule has 1 rings (SSSR count). The highest BCUT2D eigenvalue weighted by Crippen LogP contribution is 2.04. The zero-order chi connectivity index (χ0) is 13.2. The lowest BCUT2D eigenvalue weighted by Gasteiger charge is -2.20. The Morgan fingerprint density at radius 2 is 2.06 bits per heavy atom. The number of aliphatic hydroxyl groups excluding tert-OH is 1. The molecule has 0 radical (unpaired) electrons. The maximum atomic E-state index is 11.8. The Labute approximate surface area is 107 Å². The molecule has 0 atom stereocenters. The third kappa shape index (κ3) is 5.77. The van der Waals surface area contributed by atoms with E-state index >= 15 is 0 Å². The lowest BCUT2D eigenvalue weighted by molar-refractivity contribution is -0.117. The van der Waals surface area contributed by atoms with E-state index < -0.39 is 0 Å².